The molecule has 2 aromatic carbocycles. The Kier molecular flexibility index (Phi) is 8.02. The van der Waals surface area contributed by atoms with Gasteiger partial charge in [-0.2, -0.15) is 0 Å². The first-order chi connectivity index (χ1) is 14.4. The van der Waals surface area contributed by atoms with Crippen LogP contribution < -0.4 is 9.62 Å². The molecule has 2 rings (SSSR count). The van der Waals surface area contributed by atoms with Gasteiger partial charge in [-0.15, -0.1) is 0 Å². The minimum Gasteiger partial charge on any atom is -0.452 e. The van der Waals surface area contributed by atoms with Gasteiger partial charge in [-0.05, 0) is 55.3 Å². The summed E-state index contributed by atoms with van der Waals surface area (Å²) in [4.78, 5) is 24.1. The Labute approximate surface area is 186 Å². The number of carbonyl (C=O) groups excluding carboxylic acids is 2. The molecule has 0 unspecified atom stereocenters. The summed E-state index contributed by atoms with van der Waals surface area (Å²) in [5.41, 5.74) is 0.0383. The predicted molar refractivity (Wildman–Crippen MR) is 116 cm³/mol. The van der Waals surface area contributed by atoms with E-state index in [0.29, 0.717) is 0 Å². The molecule has 0 spiro atoms. The molecule has 31 heavy (non-hydrogen) atoms. The Bertz CT molecular complexity index is 1060. The maximum Gasteiger partial charge on any atom is 0.340 e. The number of esters is 1. The maximum atomic E-state index is 13.1. The average molecular weight is 471 g/mol. The van der Waals surface area contributed by atoms with Crippen molar-refractivity contribution < 1.29 is 27.1 Å². The van der Waals surface area contributed by atoms with Gasteiger partial charge in [0.2, 0.25) is 0 Å². The molecule has 0 aliphatic rings. The van der Waals surface area contributed by atoms with Crippen LogP contribution in [0.15, 0.2) is 47.4 Å². The zero-order valence-electron chi connectivity index (χ0n) is 17.6. The van der Waals surface area contributed by atoms with Crippen molar-refractivity contribution in [3.63, 3.8) is 0 Å². The van der Waals surface area contributed by atoms with Crippen LogP contribution in [0.4, 0.5) is 10.1 Å². The smallest absolute Gasteiger partial charge is 0.340 e. The number of hydrogen-bond acceptors (Lipinski definition) is 5. The van der Waals surface area contributed by atoms with Gasteiger partial charge < -0.3 is 10.1 Å². The van der Waals surface area contributed by atoms with Crippen LogP contribution in [0.2, 0.25) is 5.02 Å². The molecule has 0 fully saturated rings. The number of amides is 1. The molecular weight excluding hydrogens is 447 g/mol. The second-order valence-electron chi connectivity index (χ2n) is 7.27. The van der Waals surface area contributed by atoms with Crippen LogP contribution in [-0.2, 0) is 19.6 Å². The van der Waals surface area contributed by atoms with Gasteiger partial charge in [0.15, 0.2) is 6.61 Å². The van der Waals surface area contributed by atoms with Crippen LogP contribution in [0, 0.1) is 11.7 Å². The minimum atomic E-state index is -4.07. The van der Waals surface area contributed by atoms with E-state index in [9.17, 15) is 22.4 Å². The van der Waals surface area contributed by atoms with Crippen molar-refractivity contribution >= 4 is 39.2 Å². The third-order valence-electron chi connectivity index (χ3n) is 4.73. The standard InChI is InChI=1S/C21H24ClFN2O5S/c1-13(2)14(3)24-20(26)12-30-21(27)18-11-17(9-10-19(18)22)31(28,29)25(4)16-7-5-15(23)6-8-16/h5-11,13-14H,12H2,1-4H3,(H,24,26)/t14-/m0/s1. The number of carbonyl (C=O) groups is 2. The lowest BCUT2D eigenvalue weighted by atomic mass is 10.1. The zero-order valence-corrected chi connectivity index (χ0v) is 19.1. The van der Waals surface area contributed by atoms with Gasteiger partial charge in [0.1, 0.15) is 5.82 Å². The molecule has 0 bridgehead atoms. The molecule has 10 heteroatoms. The first-order valence-corrected chi connectivity index (χ1v) is 11.3. The van der Waals surface area contributed by atoms with E-state index in [-0.39, 0.29) is 33.1 Å². The van der Waals surface area contributed by atoms with Gasteiger partial charge in [-0.25, -0.2) is 17.6 Å². The van der Waals surface area contributed by atoms with Crippen LogP contribution in [0.1, 0.15) is 31.1 Å². The van der Waals surface area contributed by atoms with Gasteiger partial charge >= 0.3 is 5.97 Å². The number of benzene rings is 2. The largest absolute Gasteiger partial charge is 0.452 e. The van der Waals surface area contributed by atoms with Crippen LogP contribution in [-0.4, -0.2) is 40.0 Å². The maximum absolute atomic E-state index is 13.1. The monoisotopic (exact) mass is 470 g/mol. The summed E-state index contributed by atoms with van der Waals surface area (Å²) in [5, 5.41) is 2.67. The number of ether oxygens (including phenoxy) is 1. The van der Waals surface area contributed by atoms with Gasteiger partial charge in [0.05, 0.1) is 21.2 Å². The second kappa shape index (κ2) is 10.1. The highest BCUT2D eigenvalue weighted by molar-refractivity contribution is 7.92. The van der Waals surface area contributed by atoms with E-state index in [1.807, 2.05) is 20.8 Å². The summed E-state index contributed by atoms with van der Waals surface area (Å²) in [5.74, 6) is -1.71. The SMILES string of the molecule is CC(C)[C@H](C)NC(=O)COC(=O)c1cc(S(=O)(=O)N(C)c2ccc(F)cc2)ccc1Cl. The van der Waals surface area contributed by atoms with Crippen molar-refractivity contribution in [1.29, 1.82) is 0 Å². The normalized spacial score (nSPS) is 12.4. The van der Waals surface area contributed by atoms with Crippen LogP contribution in [0.25, 0.3) is 0 Å². The summed E-state index contributed by atoms with van der Waals surface area (Å²) in [6.07, 6.45) is 0. The van der Waals surface area contributed by atoms with E-state index in [1.54, 1.807) is 0 Å². The van der Waals surface area contributed by atoms with E-state index in [1.165, 1.54) is 31.3 Å². The summed E-state index contributed by atoms with van der Waals surface area (Å²) in [6.45, 7) is 5.17. The van der Waals surface area contributed by atoms with Gasteiger partial charge in [-0.1, -0.05) is 25.4 Å². The molecule has 0 aromatic heterocycles. The van der Waals surface area contributed by atoms with E-state index < -0.39 is 34.3 Å². The second-order valence-corrected chi connectivity index (χ2v) is 9.64. The lowest BCUT2D eigenvalue weighted by molar-refractivity contribution is -0.125. The average Bonchev–Trinajstić information content (AvgIpc) is 2.72. The predicted octanol–water partition coefficient (Wildman–Crippen LogP) is 3.62. The van der Waals surface area contributed by atoms with E-state index >= 15 is 0 Å². The van der Waals surface area contributed by atoms with Crippen molar-refractivity contribution in [2.45, 2.75) is 31.7 Å². The Balaban J connectivity index is 2.19. The highest BCUT2D eigenvalue weighted by atomic mass is 35.5. The van der Waals surface area contributed by atoms with Crippen molar-refractivity contribution in [3.05, 3.63) is 58.9 Å². The van der Waals surface area contributed by atoms with Crippen molar-refractivity contribution in [2.75, 3.05) is 18.0 Å². The summed E-state index contributed by atoms with van der Waals surface area (Å²) >= 11 is 6.04. The van der Waals surface area contributed by atoms with Gasteiger partial charge in [0.25, 0.3) is 15.9 Å². The number of anilines is 1. The van der Waals surface area contributed by atoms with E-state index in [4.69, 9.17) is 16.3 Å². The first-order valence-electron chi connectivity index (χ1n) is 9.44. The highest BCUT2D eigenvalue weighted by Crippen LogP contribution is 2.26. The molecule has 0 saturated heterocycles. The van der Waals surface area contributed by atoms with Crippen molar-refractivity contribution in [1.82, 2.24) is 5.32 Å². The molecule has 0 radical (unpaired) electrons. The summed E-state index contributed by atoms with van der Waals surface area (Å²) < 4.78 is 44.9. The van der Waals surface area contributed by atoms with Crippen molar-refractivity contribution in [2.24, 2.45) is 5.92 Å². The third kappa shape index (κ3) is 6.18. The summed E-state index contributed by atoms with van der Waals surface area (Å²) in [7, 11) is -2.77. The van der Waals surface area contributed by atoms with Crippen LogP contribution in [0.3, 0.4) is 0 Å². The molecule has 1 N–H and O–H groups in total. The number of halogens is 2. The summed E-state index contributed by atoms with van der Waals surface area (Å²) in [6, 6.07) is 8.37. The number of nitrogens with zero attached hydrogens (tertiary/aromatic N) is 1. The molecule has 1 atom stereocenters. The Morgan fingerprint density at radius 3 is 2.32 bits per heavy atom. The number of hydrogen-bond donors (Lipinski definition) is 1. The van der Waals surface area contributed by atoms with Gasteiger partial charge in [0, 0.05) is 13.1 Å². The fourth-order valence-electron chi connectivity index (χ4n) is 2.44. The third-order valence-corrected chi connectivity index (χ3v) is 6.84. The molecule has 0 heterocycles. The zero-order chi connectivity index (χ0) is 23.3. The molecular formula is C21H24ClFN2O5S. The first kappa shape index (κ1) is 24.6. The number of nitrogens with one attached hydrogen (secondary N) is 1. The number of rotatable bonds is 8. The molecule has 1 amide bonds. The van der Waals surface area contributed by atoms with Crippen LogP contribution >= 0.6 is 11.6 Å². The minimum absolute atomic E-state index is 0.0238. The molecule has 168 valence electrons. The molecule has 0 saturated carbocycles. The molecule has 0 aliphatic carbocycles. The molecule has 0 aliphatic heterocycles. The van der Waals surface area contributed by atoms with E-state index in [2.05, 4.69) is 5.32 Å². The van der Waals surface area contributed by atoms with E-state index in [0.717, 1.165) is 22.5 Å². The van der Waals surface area contributed by atoms with Crippen molar-refractivity contribution in [3.8, 4) is 0 Å². The van der Waals surface area contributed by atoms with Crippen LogP contribution in [0.5, 0.6) is 0 Å². The molecule has 7 nitrogen and oxygen atoms in total. The lowest BCUT2D eigenvalue weighted by Gasteiger charge is -2.20. The lowest BCUT2D eigenvalue weighted by Crippen LogP contribution is -2.38. The highest BCUT2D eigenvalue weighted by Gasteiger charge is 2.24. The quantitative estimate of drug-likeness (QED) is 0.595. The Morgan fingerprint density at radius 1 is 1.13 bits per heavy atom. The fourth-order valence-corrected chi connectivity index (χ4v) is 3.86. The topological polar surface area (TPSA) is 92.8 Å². The van der Waals surface area contributed by atoms with Gasteiger partial charge in [-0.3, -0.25) is 9.10 Å². The Morgan fingerprint density at radius 2 is 1.74 bits per heavy atom. The molecule has 2 aromatic rings. The number of sulfonamides is 1. The Hall–Kier alpha value is -2.65. The fraction of sp³-hybridized carbons (Fsp3) is 0.333.